The van der Waals surface area contributed by atoms with Crippen molar-refractivity contribution in [2.45, 2.75) is 26.1 Å². The zero-order chi connectivity index (χ0) is 10.9. The van der Waals surface area contributed by atoms with E-state index in [9.17, 15) is 13.9 Å². The molecule has 0 spiro atoms. The minimum Gasteiger partial charge on any atom is -0.390 e. The molecule has 78 valence electrons. The molecule has 0 aliphatic rings. The van der Waals surface area contributed by atoms with Crippen LogP contribution in [0.25, 0.3) is 0 Å². The van der Waals surface area contributed by atoms with Gasteiger partial charge in [0.15, 0.2) is 0 Å². The van der Waals surface area contributed by atoms with Gasteiger partial charge in [0.25, 0.3) is 0 Å². The topological polar surface area (TPSA) is 40.5 Å². The molecule has 1 aromatic carbocycles. The average Bonchev–Trinajstić information content (AvgIpc) is 2.10. The maximum absolute atomic E-state index is 13.1. The molecule has 0 aliphatic carbocycles. The Balaban J connectivity index is 3.15. The molecule has 2 atom stereocenters. The number of rotatable bonds is 2. The van der Waals surface area contributed by atoms with Gasteiger partial charge in [-0.05, 0) is 25.5 Å². The zero-order valence-corrected chi connectivity index (χ0v) is 7.96. The molecule has 0 aromatic heterocycles. The first-order valence-corrected chi connectivity index (χ1v) is 4.25. The van der Waals surface area contributed by atoms with E-state index >= 15 is 0 Å². The maximum Gasteiger partial charge on any atom is 0.132 e. The molecule has 0 fully saturated rings. The summed E-state index contributed by atoms with van der Waals surface area (Å²) in [5.41, 5.74) is 0.153. The van der Waals surface area contributed by atoms with E-state index in [0.29, 0.717) is 6.07 Å². The zero-order valence-electron chi connectivity index (χ0n) is 7.96. The van der Waals surface area contributed by atoms with Crippen molar-refractivity contribution in [2.24, 2.45) is 0 Å². The Morgan fingerprint density at radius 2 is 1.71 bits per heavy atom. The van der Waals surface area contributed by atoms with Gasteiger partial charge < -0.3 is 10.2 Å². The summed E-state index contributed by atoms with van der Waals surface area (Å²) in [6.07, 6.45) is -2.41. The van der Waals surface area contributed by atoms with E-state index in [-0.39, 0.29) is 11.1 Å². The molecule has 0 bridgehead atoms. The smallest absolute Gasteiger partial charge is 0.132 e. The fourth-order valence-corrected chi connectivity index (χ4v) is 1.17. The van der Waals surface area contributed by atoms with Crippen LogP contribution in [0.5, 0.6) is 0 Å². The summed E-state index contributed by atoms with van der Waals surface area (Å²) in [5.74, 6) is -1.51. The molecule has 0 radical (unpaired) electrons. The highest BCUT2D eigenvalue weighted by Crippen LogP contribution is 2.22. The average molecular weight is 202 g/mol. The van der Waals surface area contributed by atoms with E-state index in [1.54, 1.807) is 0 Å². The maximum atomic E-state index is 13.1. The van der Waals surface area contributed by atoms with Gasteiger partial charge in [-0.1, -0.05) is 0 Å². The highest BCUT2D eigenvalue weighted by molar-refractivity contribution is 5.27. The lowest BCUT2D eigenvalue weighted by Gasteiger charge is -2.15. The van der Waals surface area contributed by atoms with Crippen molar-refractivity contribution < 1.29 is 19.0 Å². The van der Waals surface area contributed by atoms with Crippen LogP contribution in [0.3, 0.4) is 0 Å². The Morgan fingerprint density at radius 1 is 1.14 bits per heavy atom. The Hall–Kier alpha value is -1.00. The van der Waals surface area contributed by atoms with Gasteiger partial charge in [0.1, 0.15) is 17.7 Å². The second-order valence-corrected chi connectivity index (χ2v) is 3.31. The molecule has 4 heteroatoms. The lowest BCUT2D eigenvalue weighted by molar-refractivity contribution is 0.0282. The SMILES string of the molecule is Cc1cc(C(O)C(C)O)c(F)cc1F. The quantitative estimate of drug-likeness (QED) is 0.766. The van der Waals surface area contributed by atoms with E-state index in [2.05, 4.69) is 0 Å². The first kappa shape index (κ1) is 11.1. The van der Waals surface area contributed by atoms with Gasteiger partial charge in [0.05, 0.1) is 6.10 Å². The number of halogens is 2. The summed E-state index contributed by atoms with van der Waals surface area (Å²) < 4.78 is 26.0. The second kappa shape index (κ2) is 4.02. The van der Waals surface area contributed by atoms with Crippen molar-refractivity contribution >= 4 is 0 Å². The third kappa shape index (κ3) is 2.08. The summed E-state index contributed by atoms with van der Waals surface area (Å²) in [5, 5.41) is 18.4. The van der Waals surface area contributed by atoms with E-state index in [4.69, 9.17) is 5.11 Å². The van der Waals surface area contributed by atoms with Crippen LogP contribution >= 0.6 is 0 Å². The van der Waals surface area contributed by atoms with Crippen LogP contribution in [0.4, 0.5) is 8.78 Å². The second-order valence-electron chi connectivity index (χ2n) is 3.31. The number of benzene rings is 1. The molecule has 2 nitrogen and oxygen atoms in total. The van der Waals surface area contributed by atoms with Gasteiger partial charge >= 0.3 is 0 Å². The molecular formula is C10H12F2O2. The molecule has 2 N–H and O–H groups in total. The predicted molar refractivity (Wildman–Crippen MR) is 47.7 cm³/mol. The van der Waals surface area contributed by atoms with Crippen molar-refractivity contribution in [1.29, 1.82) is 0 Å². The molecule has 0 heterocycles. The molecule has 0 saturated carbocycles. The van der Waals surface area contributed by atoms with Gasteiger partial charge in [0.2, 0.25) is 0 Å². The van der Waals surface area contributed by atoms with Gasteiger partial charge in [-0.2, -0.15) is 0 Å². The van der Waals surface area contributed by atoms with Crippen LogP contribution < -0.4 is 0 Å². The van der Waals surface area contributed by atoms with Crippen molar-refractivity contribution in [2.75, 3.05) is 0 Å². The van der Waals surface area contributed by atoms with Crippen LogP contribution in [-0.4, -0.2) is 16.3 Å². The first-order chi connectivity index (χ1) is 6.43. The molecule has 14 heavy (non-hydrogen) atoms. The summed E-state index contributed by atoms with van der Waals surface area (Å²) >= 11 is 0. The monoisotopic (exact) mass is 202 g/mol. The van der Waals surface area contributed by atoms with Gasteiger partial charge in [-0.25, -0.2) is 8.78 Å². The summed E-state index contributed by atoms with van der Waals surface area (Å²) in [4.78, 5) is 0. The van der Waals surface area contributed by atoms with Crippen LogP contribution in [0.15, 0.2) is 12.1 Å². The minimum atomic E-state index is -1.32. The Bertz CT molecular complexity index is 337. The van der Waals surface area contributed by atoms with E-state index in [0.717, 1.165) is 0 Å². The Kier molecular flexibility index (Phi) is 3.18. The normalized spacial score (nSPS) is 15.3. The largest absolute Gasteiger partial charge is 0.390 e. The minimum absolute atomic E-state index is 0.0844. The fraction of sp³-hybridized carbons (Fsp3) is 0.400. The highest BCUT2D eigenvalue weighted by Gasteiger charge is 2.19. The lowest BCUT2D eigenvalue weighted by atomic mass is 10.0. The number of aliphatic hydroxyl groups excluding tert-OH is 2. The molecule has 0 aliphatic heterocycles. The van der Waals surface area contributed by atoms with Crippen LogP contribution in [0.2, 0.25) is 0 Å². The van der Waals surface area contributed by atoms with Crippen molar-refractivity contribution in [3.63, 3.8) is 0 Å². The molecule has 1 rings (SSSR count). The molecule has 1 aromatic rings. The summed E-state index contributed by atoms with van der Waals surface area (Å²) in [6, 6.07) is 1.90. The van der Waals surface area contributed by atoms with Crippen molar-refractivity contribution in [3.05, 3.63) is 34.9 Å². The van der Waals surface area contributed by atoms with E-state index in [1.807, 2.05) is 0 Å². The number of hydrogen-bond acceptors (Lipinski definition) is 2. The van der Waals surface area contributed by atoms with E-state index in [1.165, 1.54) is 19.9 Å². The number of aliphatic hydroxyl groups is 2. The van der Waals surface area contributed by atoms with E-state index < -0.39 is 23.8 Å². The lowest BCUT2D eigenvalue weighted by Crippen LogP contribution is -2.15. The van der Waals surface area contributed by atoms with Crippen molar-refractivity contribution in [3.8, 4) is 0 Å². The first-order valence-electron chi connectivity index (χ1n) is 4.25. The van der Waals surface area contributed by atoms with Gasteiger partial charge in [-0.15, -0.1) is 0 Å². The highest BCUT2D eigenvalue weighted by atomic mass is 19.1. The third-order valence-corrected chi connectivity index (χ3v) is 2.05. The fourth-order valence-electron chi connectivity index (χ4n) is 1.17. The molecule has 0 saturated heterocycles. The van der Waals surface area contributed by atoms with Crippen LogP contribution in [0.1, 0.15) is 24.2 Å². The van der Waals surface area contributed by atoms with Crippen LogP contribution in [0, 0.1) is 18.6 Å². The third-order valence-electron chi connectivity index (χ3n) is 2.05. The standard InChI is InChI=1S/C10H12F2O2/c1-5-3-7(10(14)6(2)13)9(12)4-8(5)11/h3-4,6,10,13-14H,1-2H3. The Morgan fingerprint density at radius 3 is 2.21 bits per heavy atom. The van der Waals surface area contributed by atoms with Crippen molar-refractivity contribution in [1.82, 2.24) is 0 Å². The Labute approximate surface area is 80.8 Å². The number of hydrogen-bond donors (Lipinski definition) is 2. The molecule has 2 unspecified atom stereocenters. The summed E-state index contributed by atoms with van der Waals surface area (Å²) in [7, 11) is 0. The van der Waals surface area contributed by atoms with Gasteiger partial charge in [0, 0.05) is 11.6 Å². The van der Waals surface area contributed by atoms with Crippen LogP contribution in [-0.2, 0) is 0 Å². The molecular weight excluding hydrogens is 190 g/mol. The predicted octanol–water partition coefficient (Wildman–Crippen LogP) is 1.69. The van der Waals surface area contributed by atoms with Gasteiger partial charge in [-0.3, -0.25) is 0 Å². The number of aryl methyl sites for hydroxylation is 1. The summed E-state index contributed by atoms with van der Waals surface area (Å²) in [6.45, 7) is 2.80. The molecule has 0 amide bonds.